The third kappa shape index (κ3) is 3.82. The molecule has 3 aromatic carbocycles. The molecule has 1 aliphatic rings. The number of rotatable bonds is 4. The van der Waals surface area contributed by atoms with Gasteiger partial charge in [-0.15, -0.1) is 11.3 Å². The van der Waals surface area contributed by atoms with E-state index in [1.807, 2.05) is 109 Å². The van der Waals surface area contributed by atoms with Gasteiger partial charge in [0.2, 0.25) is 0 Å². The Bertz CT molecular complexity index is 1370. The second kappa shape index (κ2) is 8.78. The van der Waals surface area contributed by atoms with Gasteiger partial charge < -0.3 is 0 Å². The summed E-state index contributed by atoms with van der Waals surface area (Å²) < 4.78 is 0. The fourth-order valence-electron chi connectivity index (χ4n) is 4.14. The molecule has 1 aromatic heterocycles. The van der Waals surface area contributed by atoms with Crippen molar-refractivity contribution in [1.82, 2.24) is 0 Å². The molecule has 0 unspecified atom stereocenters. The van der Waals surface area contributed by atoms with E-state index in [2.05, 4.69) is 6.07 Å². The summed E-state index contributed by atoms with van der Waals surface area (Å²) in [5.41, 5.74) is 4.99. The van der Waals surface area contributed by atoms with Gasteiger partial charge in [-0.25, -0.2) is 5.01 Å². The highest BCUT2D eigenvalue weighted by molar-refractivity contribution is 7.13. The minimum absolute atomic E-state index is 0.0615. The van der Waals surface area contributed by atoms with Crippen molar-refractivity contribution in [3.05, 3.63) is 112 Å². The molecule has 0 spiro atoms. The molecule has 0 bridgehead atoms. The van der Waals surface area contributed by atoms with E-state index in [1.54, 1.807) is 16.3 Å². The number of carbonyl (C=O) groups is 1. The molecule has 0 saturated carbocycles. The number of hydrazine groups is 1. The molecule has 1 saturated heterocycles. The number of thiophene rings is 1. The predicted octanol–water partition coefficient (Wildman–Crippen LogP) is 6.45. The summed E-state index contributed by atoms with van der Waals surface area (Å²) in [6.45, 7) is 2.41. The molecule has 4 aromatic rings. The van der Waals surface area contributed by atoms with Crippen LogP contribution in [-0.2, 0) is 4.79 Å². The van der Waals surface area contributed by atoms with Crippen LogP contribution in [0.5, 0.6) is 0 Å². The lowest BCUT2D eigenvalue weighted by Crippen LogP contribution is -2.39. The van der Waals surface area contributed by atoms with Crippen LogP contribution in [0.3, 0.4) is 0 Å². The van der Waals surface area contributed by atoms with Gasteiger partial charge >= 0.3 is 0 Å². The zero-order valence-electron chi connectivity index (χ0n) is 18.1. The quantitative estimate of drug-likeness (QED) is 0.338. The average Bonchev–Trinajstić information content (AvgIpc) is 3.36. The van der Waals surface area contributed by atoms with Gasteiger partial charge in [-0.2, -0.15) is 5.26 Å². The molecule has 160 valence electrons. The summed E-state index contributed by atoms with van der Waals surface area (Å²) in [4.78, 5) is 15.5. The number of hydrogen-bond donors (Lipinski definition) is 0. The maximum atomic E-state index is 13.7. The SMILES string of the molecule is Cc1sc(C=C2CN(c3ccccc3)N(c3ccccc3)C2=O)c(-c2ccccc2)c1C#N. The molecule has 5 heteroatoms. The van der Waals surface area contributed by atoms with Crippen LogP contribution in [0, 0.1) is 18.3 Å². The summed E-state index contributed by atoms with van der Waals surface area (Å²) in [6, 6.07) is 31.9. The lowest BCUT2D eigenvalue weighted by atomic mass is 10.00. The van der Waals surface area contributed by atoms with Crippen LogP contribution in [0.15, 0.2) is 96.6 Å². The average molecular weight is 448 g/mol. The van der Waals surface area contributed by atoms with Gasteiger partial charge in [-0.3, -0.25) is 9.80 Å². The van der Waals surface area contributed by atoms with Crippen LogP contribution >= 0.6 is 11.3 Å². The van der Waals surface area contributed by atoms with Gasteiger partial charge in [0.1, 0.15) is 6.07 Å². The van der Waals surface area contributed by atoms with Gasteiger partial charge in [-0.1, -0.05) is 66.7 Å². The third-order valence-corrected chi connectivity index (χ3v) is 6.73. The number of aryl methyl sites for hydroxylation is 1. The molecular weight excluding hydrogens is 426 g/mol. The first kappa shape index (κ1) is 20.7. The standard InChI is InChI=1S/C28H21N3OS/c1-20-25(18-29)27(21-11-5-2-6-12-21)26(33-20)17-22-19-30(23-13-7-3-8-14-23)31(28(22)32)24-15-9-4-10-16-24/h2-17H,19H2,1H3. The monoisotopic (exact) mass is 447 g/mol. The molecule has 2 heterocycles. The Morgan fingerprint density at radius 2 is 1.45 bits per heavy atom. The summed E-state index contributed by atoms with van der Waals surface area (Å²) in [5, 5.41) is 13.5. The van der Waals surface area contributed by atoms with E-state index in [9.17, 15) is 10.1 Å². The Morgan fingerprint density at radius 3 is 2.06 bits per heavy atom. The van der Waals surface area contributed by atoms with E-state index < -0.39 is 0 Å². The van der Waals surface area contributed by atoms with Crippen molar-refractivity contribution < 1.29 is 4.79 Å². The molecule has 0 radical (unpaired) electrons. The Kier molecular flexibility index (Phi) is 5.52. The number of anilines is 2. The van der Waals surface area contributed by atoms with Crippen molar-refractivity contribution in [3.8, 4) is 17.2 Å². The first-order valence-corrected chi connectivity index (χ1v) is 11.5. The molecule has 33 heavy (non-hydrogen) atoms. The number of nitriles is 1. The summed E-state index contributed by atoms with van der Waals surface area (Å²) >= 11 is 1.56. The molecular formula is C28H21N3OS. The highest BCUT2D eigenvalue weighted by Crippen LogP contribution is 2.39. The molecule has 0 aliphatic carbocycles. The molecule has 1 aliphatic heterocycles. The zero-order chi connectivity index (χ0) is 22.8. The van der Waals surface area contributed by atoms with Gasteiger partial charge in [0.15, 0.2) is 0 Å². The highest BCUT2D eigenvalue weighted by atomic mass is 32.1. The normalized spacial score (nSPS) is 14.7. The van der Waals surface area contributed by atoms with E-state index in [4.69, 9.17) is 0 Å². The van der Waals surface area contributed by atoms with E-state index in [0.717, 1.165) is 32.3 Å². The Morgan fingerprint density at radius 1 is 0.879 bits per heavy atom. The summed E-state index contributed by atoms with van der Waals surface area (Å²) in [7, 11) is 0. The van der Waals surface area contributed by atoms with Crippen LogP contribution in [0.2, 0.25) is 0 Å². The molecule has 4 nitrogen and oxygen atoms in total. The first-order chi connectivity index (χ1) is 16.2. The lowest BCUT2D eigenvalue weighted by Gasteiger charge is -2.29. The third-order valence-electron chi connectivity index (χ3n) is 5.67. The van der Waals surface area contributed by atoms with E-state index in [-0.39, 0.29) is 5.91 Å². The Balaban J connectivity index is 1.63. The number of nitrogens with zero attached hydrogens (tertiary/aromatic N) is 3. The van der Waals surface area contributed by atoms with Gasteiger partial charge in [0.25, 0.3) is 5.91 Å². The minimum Gasteiger partial charge on any atom is -0.273 e. The van der Waals surface area contributed by atoms with Crippen LogP contribution in [-0.4, -0.2) is 12.5 Å². The fraction of sp³-hybridized carbons (Fsp3) is 0.0714. The van der Waals surface area contributed by atoms with Crippen LogP contribution in [0.1, 0.15) is 15.3 Å². The van der Waals surface area contributed by atoms with Crippen LogP contribution < -0.4 is 10.0 Å². The number of amides is 1. The number of para-hydroxylation sites is 2. The highest BCUT2D eigenvalue weighted by Gasteiger charge is 2.35. The second-order valence-corrected chi connectivity index (χ2v) is 9.02. The number of carbonyl (C=O) groups excluding carboxylic acids is 1. The first-order valence-electron chi connectivity index (χ1n) is 10.7. The number of hydrogen-bond acceptors (Lipinski definition) is 4. The summed E-state index contributed by atoms with van der Waals surface area (Å²) in [6.07, 6.45) is 1.96. The van der Waals surface area contributed by atoms with Crippen LogP contribution in [0.25, 0.3) is 17.2 Å². The van der Waals surface area contributed by atoms with E-state index in [0.29, 0.717) is 17.7 Å². The zero-order valence-corrected chi connectivity index (χ0v) is 18.9. The van der Waals surface area contributed by atoms with Crippen molar-refractivity contribution in [2.45, 2.75) is 6.92 Å². The fourth-order valence-corrected chi connectivity index (χ4v) is 5.24. The largest absolute Gasteiger partial charge is 0.274 e. The topological polar surface area (TPSA) is 47.3 Å². The Labute approximate surface area is 197 Å². The smallest absolute Gasteiger partial charge is 0.273 e. The van der Waals surface area contributed by atoms with Crippen molar-refractivity contribution in [1.29, 1.82) is 5.26 Å². The maximum Gasteiger partial charge on any atom is 0.274 e. The maximum absolute atomic E-state index is 13.7. The minimum atomic E-state index is -0.0615. The lowest BCUT2D eigenvalue weighted by molar-refractivity contribution is -0.114. The molecule has 5 rings (SSSR count). The van der Waals surface area contributed by atoms with E-state index in [1.165, 1.54) is 0 Å². The second-order valence-electron chi connectivity index (χ2n) is 7.77. The van der Waals surface area contributed by atoms with Gasteiger partial charge in [0, 0.05) is 20.9 Å². The molecule has 0 atom stereocenters. The molecule has 0 N–H and O–H groups in total. The Hall–Kier alpha value is -4.14. The van der Waals surface area contributed by atoms with Gasteiger partial charge in [0.05, 0.1) is 23.5 Å². The van der Waals surface area contributed by atoms with Crippen molar-refractivity contribution in [2.75, 3.05) is 16.6 Å². The van der Waals surface area contributed by atoms with E-state index >= 15 is 0 Å². The van der Waals surface area contributed by atoms with Crippen LogP contribution in [0.4, 0.5) is 11.4 Å². The molecule has 1 fully saturated rings. The molecule has 1 amide bonds. The predicted molar refractivity (Wildman–Crippen MR) is 135 cm³/mol. The van der Waals surface area contributed by atoms with Crippen molar-refractivity contribution in [2.24, 2.45) is 0 Å². The number of benzene rings is 3. The van der Waals surface area contributed by atoms with Crippen molar-refractivity contribution in [3.63, 3.8) is 0 Å². The van der Waals surface area contributed by atoms with Crippen molar-refractivity contribution >= 4 is 34.7 Å². The van der Waals surface area contributed by atoms with Gasteiger partial charge in [-0.05, 0) is 42.8 Å². The summed E-state index contributed by atoms with van der Waals surface area (Å²) in [5.74, 6) is -0.0615.